The van der Waals surface area contributed by atoms with Gasteiger partial charge in [-0.1, -0.05) is 19.1 Å². The second kappa shape index (κ2) is 8.13. The maximum atomic E-state index is 13.6. The highest BCUT2D eigenvalue weighted by molar-refractivity contribution is 7.92. The lowest BCUT2D eigenvalue weighted by Gasteiger charge is -2.34. The van der Waals surface area contributed by atoms with Crippen molar-refractivity contribution in [3.63, 3.8) is 0 Å². The maximum absolute atomic E-state index is 13.6. The molecule has 0 saturated heterocycles. The van der Waals surface area contributed by atoms with E-state index in [1.54, 1.807) is 6.07 Å². The third-order valence-corrected chi connectivity index (χ3v) is 6.18. The number of nitrogens with one attached hydrogen (secondary N) is 1. The van der Waals surface area contributed by atoms with Crippen molar-refractivity contribution in [2.75, 3.05) is 17.4 Å². The number of halogens is 4. The lowest BCUT2D eigenvalue weighted by molar-refractivity contribution is -0.140. The number of carbonyl (C=O) groups is 1. The average molecular weight is 446 g/mol. The Balaban J connectivity index is 2.05. The quantitative estimate of drug-likeness (QED) is 0.715. The van der Waals surface area contributed by atoms with Crippen LogP contribution in [0.15, 0.2) is 47.4 Å². The van der Waals surface area contributed by atoms with Crippen LogP contribution in [0.5, 0.6) is 5.75 Å². The highest BCUT2D eigenvalue weighted by atomic mass is 32.2. The smallest absolute Gasteiger partial charge is 0.419 e. The van der Waals surface area contributed by atoms with Crippen molar-refractivity contribution in [1.82, 2.24) is 5.32 Å². The van der Waals surface area contributed by atoms with Crippen LogP contribution in [0.4, 0.5) is 23.2 Å². The lowest BCUT2D eigenvalue weighted by atomic mass is 10.2. The number of alkyl halides is 3. The van der Waals surface area contributed by atoms with Gasteiger partial charge in [0.15, 0.2) is 6.10 Å². The first-order chi connectivity index (χ1) is 14.1. The van der Waals surface area contributed by atoms with E-state index in [-0.39, 0.29) is 17.5 Å². The molecule has 1 aliphatic heterocycles. The van der Waals surface area contributed by atoms with Gasteiger partial charge in [0.2, 0.25) is 0 Å². The van der Waals surface area contributed by atoms with Crippen LogP contribution in [0.1, 0.15) is 18.9 Å². The third-order valence-electron chi connectivity index (χ3n) is 4.41. The first-order valence-corrected chi connectivity index (χ1v) is 10.4. The Labute approximate surface area is 170 Å². The molecule has 0 aliphatic carbocycles. The number of sulfonamides is 1. The van der Waals surface area contributed by atoms with Crippen LogP contribution in [0.25, 0.3) is 0 Å². The Hall–Kier alpha value is -2.82. The predicted octanol–water partition coefficient (Wildman–Crippen LogP) is 3.33. The largest absolute Gasteiger partial charge is 0.476 e. The van der Waals surface area contributed by atoms with E-state index in [1.165, 1.54) is 18.2 Å². The molecule has 0 radical (unpaired) electrons. The summed E-state index contributed by atoms with van der Waals surface area (Å²) in [4.78, 5) is 11.6. The Morgan fingerprint density at radius 3 is 2.60 bits per heavy atom. The minimum absolute atomic E-state index is 0.0647. The van der Waals surface area contributed by atoms with E-state index < -0.39 is 51.0 Å². The van der Waals surface area contributed by atoms with E-state index in [9.17, 15) is 30.8 Å². The molecule has 30 heavy (non-hydrogen) atoms. The minimum Gasteiger partial charge on any atom is -0.476 e. The normalized spacial score (nSPS) is 16.6. The second-order valence-electron chi connectivity index (χ2n) is 6.54. The monoisotopic (exact) mass is 446 g/mol. The van der Waals surface area contributed by atoms with Crippen LogP contribution in [-0.2, 0) is 21.0 Å². The van der Waals surface area contributed by atoms with Crippen molar-refractivity contribution in [1.29, 1.82) is 0 Å². The molecule has 1 unspecified atom stereocenters. The molecule has 1 amide bonds. The van der Waals surface area contributed by atoms with Crippen LogP contribution >= 0.6 is 0 Å². The van der Waals surface area contributed by atoms with Gasteiger partial charge in [-0.05, 0) is 36.8 Å². The highest BCUT2D eigenvalue weighted by Crippen LogP contribution is 2.38. The second-order valence-corrected chi connectivity index (χ2v) is 8.40. The summed E-state index contributed by atoms with van der Waals surface area (Å²) in [6, 6.07) is 7.39. The van der Waals surface area contributed by atoms with Gasteiger partial charge in [-0.2, -0.15) is 13.2 Å². The van der Waals surface area contributed by atoms with Crippen LogP contribution < -0.4 is 14.4 Å². The molecule has 11 heteroatoms. The summed E-state index contributed by atoms with van der Waals surface area (Å²) < 4.78 is 85.5. The standard InChI is InChI=1S/C19H18F4N2O4S/c1-2-9-24-18(26)17-11-25(15-5-3-4-6-16(15)29-17)30(27,28)12-7-8-14(20)13(10-12)19(21,22)23/h3-8,10,17H,2,9,11H2,1H3,(H,24,26). The van der Waals surface area contributed by atoms with Gasteiger partial charge in [-0.3, -0.25) is 9.10 Å². The van der Waals surface area contributed by atoms with Gasteiger partial charge in [-0.25, -0.2) is 12.8 Å². The zero-order valence-electron chi connectivity index (χ0n) is 15.7. The summed E-state index contributed by atoms with van der Waals surface area (Å²) in [5.41, 5.74) is -1.63. The number of fused-ring (bicyclic) bond motifs is 1. The zero-order chi connectivity index (χ0) is 22.1. The Bertz CT molecular complexity index is 1060. The van der Waals surface area contributed by atoms with E-state index in [0.717, 1.165) is 10.4 Å². The molecule has 1 aliphatic rings. The molecule has 3 rings (SSSR count). The molecular weight excluding hydrogens is 428 g/mol. The van der Waals surface area contributed by atoms with Gasteiger partial charge in [0, 0.05) is 6.54 Å². The predicted molar refractivity (Wildman–Crippen MR) is 100 cm³/mol. The molecule has 0 spiro atoms. The number of anilines is 1. The lowest BCUT2D eigenvalue weighted by Crippen LogP contribution is -2.50. The third kappa shape index (κ3) is 4.20. The Kier molecular flexibility index (Phi) is 5.93. The molecule has 2 aromatic carbocycles. The summed E-state index contributed by atoms with van der Waals surface area (Å²) in [7, 11) is -4.56. The number of hydrogen-bond donors (Lipinski definition) is 1. The van der Waals surface area contributed by atoms with Crippen LogP contribution in [-0.4, -0.2) is 33.5 Å². The van der Waals surface area contributed by atoms with Gasteiger partial charge in [-0.15, -0.1) is 0 Å². The number of benzene rings is 2. The van der Waals surface area contributed by atoms with E-state index >= 15 is 0 Å². The van der Waals surface area contributed by atoms with Crippen molar-refractivity contribution < 1.29 is 35.5 Å². The number of hydrogen-bond acceptors (Lipinski definition) is 4. The average Bonchev–Trinajstić information content (AvgIpc) is 2.70. The fourth-order valence-electron chi connectivity index (χ4n) is 2.94. The van der Waals surface area contributed by atoms with Crippen molar-refractivity contribution in [3.05, 3.63) is 53.8 Å². The number of amides is 1. The van der Waals surface area contributed by atoms with Crippen molar-refractivity contribution in [3.8, 4) is 5.75 Å². The summed E-state index contributed by atoms with van der Waals surface area (Å²) in [5, 5.41) is 2.60. The maximum Gasteiger partial charge on any atom is 0.419 e. The van der Waals surface area contributed by atoms with Crippen molar-refractivity contribution >= 4 is 21.6 Å². The molecule has 1 N–H and O–H groups in total. The number of rotatable bonds is 5. The summed E-state index contributed by atoms with van der Waals surface area (Å²) in [5.74, 6) is -2.05. The highest BCUT2D eigenvalue weighted by Gasteiger charge is 2.40. The molecule has 6 nitrogen and oxygen atoms in total. The van der Waals surface area contributed by atoms with Crippen LogP contribution in [0.3, 0.4) is 0 Å². The molecule has 1 heterocycles. The van der Waals surface area contributed by atoms with E-state index in [1.807, 2.05) is 6.92 Å². The van der Waals surface area contributed by atoms with Gasteiger partial charge in [0.1, 0.15) is 11.6 Å². The van der Waals surface area contributed by atoms with Crippen LogP contribution in [0, 0.1) is 5.82 Å². The number of carbonyl (C=O) groups excluding carboxylic acids is 1. The number of ether oxygens (including phenoxy) is 1. The summed E-state index contributed by atoms with van der Waals surface area (Å²) in [6.45, 7) is 1.73. The van der Waals surface area contributed by atoms with Gasteiger partial charge >= 0.3 is 6.18 Å². The summed E-state index contributed by atoms with van der Waals surface area (Å²) in [6.07, 6.45) is -5.63. The topological polar surface area (TPSA) is 75.7 Å². The van der Waals surface area contributed by atoms with Gasteiger partial charge in [0.25, 0.3) is 15.9 Å². The van der Waals surface area contributed by atoms with Gasteiger partial charge in [0.05, 0.1) is 22.7 Å². The Morgan fingerprint density at radius 2 is 1.93 bits per heavy atom. The SMILES string of the molecule is CCCNC(=O)C1CN(S(=O)(=O)c2ccc(F)c(C(F)(F)F)c2)c2ccccc2O1. The van der Waals surface area contributed by atoms with E-state index in [4.69, 9.17) is 4.74 Å². The number of para-hydroxylation sites is 2. The first kappa shape index (κ1) is 21.9. The molecular formula is C19H18F4N2O4S. The minimum atomic E-state index is -5.07. The fourth-order valence-corrected chi connectivity index (χ4v) is 4.44. The fraction of sp³-hybridized carbons (Fsp3) is 0.316. The van der Waals surface area contributed by atoms with E-state index in [0.29, 0.717) is 19.0 Å². The number of nitrogens with zero attached hydrogens (tertiary/aromatic N) is 1. The molecule has 162 valence electrons. The molecule has 0 bridgehead atoms. The van der Waals surface area contributed by atoms with Gasteiger partial charge < -0.3 is 10.1 Å². The molecule has 1 atom stereocenters. The Morgan fingerprint density at radius 1 is 1.23 bits per heavy atom. The first-order valence-electron chi connectivity index (χ1n) is 8.98. The summed E-state index contributed by atoms with van der Waals surface area (Å²) >= 11 is 0. The van der Waals surface area contributed by atoms with Crippen molar-refractivity contribution in [2.45, 2.75) is 30.5 Å². The zero-order valence-corrected chi connectivity index (χ0v) is 16.6. The molecule has 2 aromatic rings. The molecule has 0 aromatic heterocycles. The molecule has 0 saturated carbocycles. The van der Waals surface area contributed by atoms with Crippen LogP contribution in [0.2, 0.25) is 0 Å². The van der Waals surface area contributed by atoms with Crippen molar-refractivity contribution in [2.24, 2.45) is 0 Å². The van der Waals surface area contributed by atoms with E-state index in [2.05, 4.69) is 5.32 Å². The molecule has 0 fully saturated rings.